The maximum absolute atomic E-state index is 12.9. The van der Waals surface area contributed by atoms with E-state index in [0.29, 0.717) is 17.9 Å². The second-order valence-corrected chi connectivity index (χ2v) is 6.84. The van der Waals surface area contributed by atoms with Crippen LogP contribution >= 0.6 is 0 Å². The van der Waals surface area contributed by atoms with Crippen molar-refractivity contribution < 1.29 is 19.4 Å². The van der Waals surface area contributed by atoms with Crippen LogP contribution in [0, 0.1) is 0 Å². The molecule has 1 heterocycles. The molecular weight excluding hydrogens is 354 g/mol. The minimum atomic E-state index is -0.648. The lowest BCUT2D eigenvalue weighted by Gasteiger charge is -2.25. The fourth-order valence-electron chi connectivity index (χ4n) is 3.55. The van der Waals surface area contributed by atoms with Gasteiger partial charge in [-0.1, -0.05) is 62.2 Å². The van der Waals surface area contributed by atoms with Crippen LogP contribution in [0.5, 0.6) is 5.75 Å². The van der Waals surface area contributed by atoms with Crippen LogP contribution in [0.2, 0.25) is 0 Å². The van der Waals surface area contributed by atoms with Gasteiger partial charge in [0.15, 0.2) is 0 Å². The van der Waals surface area contributed by atoms with Crippen molar-refractivity contribution in [1.82, 2.24) is 4.90 Å². The molecule has 3 rings (SSSR count). The Morgan fingerprint density at radius 3 is 2.50 bits per heavy atom. The van der Waals surface area contributed by atoms with E-state index in [1.807, 2.05) is 30.3 Å². The van der Waals surface area contributed by atoms with E-state index in [1.54, 1.807) is 36.3 Å². The van der Waals surface area contributed by atoms with Crippen LogP contribution in [0.15, 0.2) is 60.2 Å². The van der Waals surface area contributed by atoms with E-state index >= 15 is 0 Å². The molecule has 1 unspecified atom stereocenters. The van der Waals surface area contributed by atoms with Gasteiger partial charge in [-0.2, -0.15) is 0 Å². The number of hydrogen-bond acceptors (Lipinski definition) is 4. The van der Waals surface area contributed by atoms with E-state index < -0.39 is 17.7 Å². The van der Waals surface area contributed by atoms with Crippen molar-refractivity contribution in [3.8, 4) is 5.75 Å². The molecular formula is C23H25NO4. The zero-order valence-corrected chi connectivity index (χ0v) is 16.2. The van der Waals surface area contributed by atoms with E-state index in [9.17, 15) is 14.7 Å². The first-order valence-corrected chi connectivity index (χ1v) is 9.56. The van der Waals surface area contributed by atoms with Crippen molar-refractivity contribution >= 4 is 17.4 Å². The Morgan fingerprint density at radius 2 is 1.82 bits per heavy atom. The summed E-state index contributed by atoms with van der Waals surface area (Å²) in [6.45, 7) is 2.55. The van der Waals surface area contributed by atoms with Crippen LogP contribution in [-0.4, -0.2) is 35.4 Å². The SMILES string of the molecule is CCCCCN1C(=O)C(=O)/C(=C(\O)c2ccccc2)C1c1cccc(OC)c1. The van der Waals surface area contributed by atoms with Crippen LogP contribution in [0.1, 0.15) is 43.4 Å². The Kier molecular flexibility index (Phi) is 6.14. The molecule has 0 aliphatic carbocycles. The smallest absolute Gasteiger partial charge is 0.295 e. The highest BCUT2D eigenvalue weighted by atomic mass is 16.5. The number of unbranched alkanes of at least 4 members (excludes halogenated alkanes) is 2. The van der Waals surface area contributed by atoms with Gasteiger partial charge in [-0.15, -0.1) is 0 Å². The average Bonchev–Trinajstić information content (AvgIpc) is 2.99. The summed E-state index contributed by atoms with van der Waals surface area (Å²) in [5.74, 6) is -0.729. The summed E-state index contributed by atoms with van der Waals surface area (Å²) in [6.07, 6.45) is 2.78. The van der Waals surface area contributed by atoms with Crippen LogP contribution in [0.3, 0.4) is 0 Å². The van der Waals surface area contributed by atoms with Gasteiger partial charge in [-0.05, 0) is 24.1 Å². The number of carbonyl (C=O) groups is 2. The molecule has 0 spiro atoms. The van der Waals surface area contributed by atoms with Crippen molar-refractivity contribution in [3.63, 3.8) is 0 Å². The number of methoxy groups -OCH3 is 1. The minimum Gasteiger partial charge on any atom is -0.507 e. The molecule has 0 saturated carbocycles. The predicted octanol–water partition coefficient (Wildman–Crippen LogP) is 4.31. The van der Waals surface area contributed by atoms with Crippen molar-refractivity contribution in [3.05, 3.63) is 71.3 Å². The van der Waals surface area contributed by atoms with E-state index in [1.165, 1.54) is 0 Å². The lowest BCUT2D eigenvalue weighted by atomic mass is 9.95. The molecule has 2 aromatic carbocycles. The van der Waals surface area contributed by atoms with Crippen molar-refractivity contribution in [2.45, 2.75) is 32.2 Å². The van der Waals surface area contributed by atoms with Crippen LogP contribution in [0.4, 0.5) is 0 Å². The van der Waals surface area contributed by atoms with Gasteiger partial charge in [0.25, 0.3) is 11.7 Å². The molecule has 146 valence electrons. The second-order valence-electron chi connectivity index (χ2n) is 6.84. The van der Waals surface area contributed by atoms with Gasteiger partial charge >= 0.3 is 0 Å². The quantitative estimate of drug-likeness (QED) is 0.337. The van der Waals surface area contributed by atoms with Crippen molar-refractivity contribution in [1.29, 1.82) is 0 Å². The topological polar surface area (TPSA) is 66.8 Å². The number of rotatable bonds is 7. The first kappa shape index (κ1) is 19.7. The molecule has 1 aliphatic rings. The molecule has 5 heteroatoms. The first-order chi connectivity index (χ1) is 13.6. The van der Waals surface area contributed by atoms with Gasteiger partial charge in [0.05, 0.1) is 18.7 Å². The molecule has 2 aromatic rings. The van der Waals surface area contributed by atoms with Gasteiger partial charge in [-0.3, -0.25) is 9.59 Å². The number of carbonyl (C=O) groups excluding carboxylic acids is 2. The summed E-state index contributed by atoms with van der Waals surface area (Å²) in [5, 5.41) is 10.9. The lowest BCUT2D eigenvalue weighted by Crippen LogP contribution is -2.30. The van der Waals surface area contributed by atoms with Gasteiger partial charge in [-0.25, -0.2) is 0 Å². The lowest BCUT2D eigenvalue weighted by molar-refractivity contribution is -0.139. The molecule has 1 atom stereocenters. The fraction of sp³-hybridized carbons (Fsp3) is 0.304. The molecule has 1 N–H and O–H groups in total. The molecule has 0 aromatic heterocycles. The van der Waals surface area contributed by atoms with Crippen molar-refractivity contribution in [2.24, 2.45) is 0 Å². The summed E-state index contributed by atoms with van der Waals surface area (Å²) >= 11 is 0. The summed E-state index contributed by atoms with van der Waals surface area (Å²) in [5.41, 5.74) is 1.38. The van der Waals surface area contributed by atoms with Crippen molar-refractivity contribution in [2.75, 3.05) is 13.7 Å². The number of hydrogen-bond donors (Lipinski definition) is 1. The minimum absolute atomic E-state index is 0.126. The second kappa shape index (κ2) is 8.74. The summed E-state index contributed by atoms with van der Waals surface area (Å²) in [6, 6.07) is 15.5. The largest absolute Gasteiger partial charge is 0.507 e. The maximum Gasteiger partial charge on any atom is 0.295 e. The van der Waals surface area contributed by atoms with Gasteiger partial charge < -0.3 is 14.7 Å². The monoisotopic (exact) mass is 379 g/mol. The van der Waals surface area contributed by atoms with Crippen LogP contribution in [0.25, 0.3) is 5.76 Å². The summed E-state index contributed by atoms with van der Waals surface area (Å²) in [7, 11) is 1.57. The number of ether oxygens (including phenoxy) is 1. The van der Waals surface area contributed by atoms with E-state index in [0.717, 1.165) is 24.8 Å². The predicted molar refractivity (Wildman–Crippen MR) is 108 cm³/mol. The first-order valence-electron chi connectivity index (χ1n) is 9.56. The van der Waals surface area contributed by atoms with E-state index in [-0.39, 0.29) is 11.3 Å². The fourth-order valence-corrected chi connectivity index (χ4v) is 3.55. The molecule has 1 fully saturated rings. The maximum atomic E-state index is 12.9. The Hall–Kier alpha value is -3.08. The Labute approximate surface area is 165 Å². The van der Waals surface area contributed by atoms with Crippen LogP contribution in [-0.2, 0) is 9.59 Å². The number of ketones is 1. The highest BCUT2D eigenvalue weighted by molar-refractivity contribution is 6.46. The highest BCUT2D eigenvalue weighted by Crippen LogP contribution is 2.40. The van der Waals surface area contributed by atoms with Gasteiger partial charge in [0.1, 0.15) is 11.5 Å². The molecule has 0 bridgehead atoms. The summed E-state index contributed by atoms with van der Waals surface area (Å²) < 4.78 is 5.32. The third kappa shape index (κ3) is 3.79. The number of benzene rings is 2. The van der Waals surface area contributed by atoms with Gasteiger partial charge in [0, 0.05) is 12.1 Å². The average molecular weight is 379 g/mol. The van der Waals surface area contributed by atoms with Crippen LogP contribution < -0.4 is 4.74 Å². The Balaban J connectivity index is 2.12. The van der Waals surface area contributed by atoms with Gasteiger partial charge in [0.2, 0.25) is 0 Å². The molecule has 0 radical (unpaired) electrons. The number of Topliss-reactive ketones (excluding diaryl/α,β-unsaturated/α-hetero) is 1. The Morgan fingerprint density at radius 1 is 1.07 bits per heavy atom. The third-order valence-electron chi connectivity index (χ3n) is 5.00. The zero-order chi connectivity index (χ0) is 20.1. The third-order valence-corrected chi connectivity index (χ3v) is 5.00. The molecule has 1 amide bonds. The number of aliphatic hydroxyl groups excluding tert-OH is 1. The number of amides is 1. The van der Waals surface area contributed by atoms with E-state index in [2.05, 4.69) is 6.92 Å². The number of aliphatic hydroxyl groups is 1. The number of nitrogens with zero attached hydrogens (tertiary/aromatic N) is 1. The highest BCUT2D eigenvalue weighted by Gasteiger charge is 2.45. The standard InChI is InChI=1S/C23H25NO4/c1-3-4-8-14-24-20(17-12-9-13-18(15-17)28-2)19(22(26)23(24)27)21(25)16-10-6-5-7-11-16/h5-7,9-13,15,20,25H,3-4,8,14H2,1-2H3/b21-19-. The molecule has 5 nitrogen and oxygen atoms in total. The normalized spacial score (nSPS) is 18.5. The van der Waals surface area contributed by atoms with E-state index in [4.69, 9.17) is 4.74 Å². The molecule has 1 aliphatic heterocycles. The summed E-state index contributed by atoms with van der Waals surface area (Å²) in [4.78, 5) is 27.2. The number of likely N-dealkylation sites (tertiary alicyclic amines) is 1. The zero-order valence-electron chi connectivity index (χ0n) is 16.2. The molecule has 1 saturated heterocycles. The molecule has 28 heavy (non-hydrogen) atoms. The Bertz CT molecular complexity index is 888.